The average Bonchev–Trinajstić information content (AvgIpc) is 3.66. The molecular formula is C33H43N7O2S. The largest absolute Gasteiger partial charge is 0.351 e. The van der Waals surface area contributed by atoms with Crippen molar-refractivity contribution in [1.29, 1.82) is 0 Å². The lowest BCUT2D eigenvalue weighted by Gasteiger charge is -2.33. The second-order valence-electron chi connectivity index (χ2n) is 11.8. The topological polar surface area (TPSA) is 105 Å². The number of amides is 2. The summed E-state index contributed by atoms with van der Waals surface area (Å²) in [4.78, 5) is 44.1. The Morgan fingerprint density at radius 3 is 2.44 bits per heavy atom. The molecule has 1 aliphatic rings. The Balaban J connectivity index is 1.29. The highest BCUT2D eigenvalue weighted by atomic mass is 32.1. The van der Waals surface area contributed by atoms with Crippen LogP contribution < -0.4 is 15.5 Å². The van der Waals surface area contributed by atoms with Crippen LogP contribution in [0.5, 0.6) is 0 Å². The zero-order chi connectivity index (χ0) is 30.3. The molecule has 1 unspecified atom stereocenters. The summed E-state index contributed by atoms with van der Waals surface area (Å²) in [7, 11) is 0. The van der Waals surface area contributed by atoms with Gasteiger partial charge >= 0.3 is 0 Å². The number of nitrogens with zero attached hydrogens (tertiary/aromatic N) is 5. The van der Waals surface area contributed by atoms with Gasteiger partial charge in [-0.25, -0.2) is 15.0 Å². The zero-order valence-electron chi connectivity index (χ0n) is 25.6. The third-order valence-electron chi connectivity index (χ3n) is 8.25. The molecular weight excluding hydrogens is 558 g/mol. The molecule has 0 aliphatic carbocycles. The van der Waals surface area contributed by atoms with E-state index in [0.29, 0.717) is 18.0 Å². The van der Waals surface area contributed by atoms with Gasteiger partial charge in [0.05, 0.1) is 11.0 Å². The molecule has 0 saturated carbocycles. The van der Waals surface area contributed by atoms with Crippen LogP contribution in [-0.4, -0.2) is 56.5 Å². The van der Waals surface area contributed by atoms with Crippen molar-refractivity contribution in [3.8, 4) is 0 Å². The molecule has 1 atom stereocenters. The fraction of sp³-hybridized carbons (Fsp3) is 0.485. The molecule has 1 saturated heterocycles. The van der Waals surface area contributed by atoms with Crippen LogP contribution in [0.3, 0.4) is 0 Å². The summed E-state index contributed by atoms with van der Waals surface area (Å²) in [6, 6.07) is 11.5. The Morgan fingerprint density at radius 2 is 1.79 bits per heavy atom. The monoisotopic (exact) mass is 601 g/mol. The third-order valence-corrected chi connectivity index (χ3v) is 9.13. The fourth-order valence-corrected chi connectivity index (χ4v) is 6.67. The van der Waals surface area contributed by atoms with E-state index in [4.69, 9.17) is 4.98 Å². The Hall–Kier alpha value is -3.79. The van der Waals surface area contributed by atoms with Crippen molar-refractivity contribution in [1.82, 2.24) is 30.2 Å². The van der Waals surface area contributed by atoms with Crippen molar-refractivity contribution in [3.63, 3.8) is 0 Å². The van der Waals surface area contributed by atoms with Crippen LogP contribution in [0.4, 0.5) is 5.95 Å². The van der Waals surface area contributed by atoms with Crippen molar-refractivity contribution in [2.24, 2.45) is 5.92 Å². The summed E-state index contributed by atoms with van der Waals surface area (Å²) in [6.45, 7) is 10.1. The fourth-order valence-electron chi connectivity index (χ4n) is 5.97. The normalized spacial score (nSPS) is 14.9. The number of nitrogens with one attached hydrogen (secondary N) is 2. The van der Waals surface area contributed by atoms with Gasteiger partial charge in [-0.3, -0.25) is 9.59 Å². The molecule has 2 N–H and O–H groups in total. The minimum absolute atomic E-state index is 0.0474. The summed E-state index contributed by atoms with van der Waals surface area (Å²) in [5.41, 5.74) is 2.37. The summed E-state index contributed by atoms with van der Waals surface area (Å²) in [5.74, 6) is 1.60. The lowest BCUT2D eigenvalue weighted by Crippen LogP contribution is -2.52. The summed E-state index contributed by atoms with van der Waals surface area (Å²) >= 11 is 1.73. The smallest absolute Gasteiger partial charge is 0.252 e. The second-order valence-corrected chi connectivity index (χ2v) is 12.8. The van der Waals surface area contributed by atoms with Crippen LogP contribution in [0, 0.1) is 5.92 Å². The molecule has 9 nitrogen and oxygen atoms in total. The third kappa shape index (κ3) is 7.41. The van der Waals surface area contributed by atoms with Crippen LogP contribution in [-0.2, 0) is 11.2 Å². The van der Waals surface area contributed by atoms with E-state index in [2.05, 4.69) is 75.3 Å². The molecule has 0 spiro atoms. The number of anilines is 1. The standard InChI is InChI=1S/C33H43N7O2S/c1-5-25(6-2)40-29-11-10-23(20-27(29)37-30(40)21-26-9-7-18-43-26)31(41)38-28(19-22(3)4)32(42)36-24-12-16-39(17-13-24)33-34-14-8-15-35-33/h7-11,14-15,18,20,22,24-25,28H,5-6,12-13,16-17,19,21H2,1-4H3,(H,36,42)(H,38,41). The van der Waals surface area contributed by atoms with Crippen LogP contribution in [0.1, 0.15) is 86.9 Å². The Morgan fingerprint density at radius 1 is 1.05 bits per heavy atom. The van der Waals surface area contributed by atoms with Gasteiger partial charge in [0.25, 0.3) is 5.91 Å². The van der Waals surface area contributed by atoms with Gasteiger partial charge in [0.15, 0.2) is 0 Å². The SMILES string of the molecule is CCC(CC)n1c(Cc2cccs2)nc2cc(C(=O)NC(CC(C)C)C(=O)NC3CCN(c4ncccn4)CC3)ccc21. The maximum absolute atomic E-state index is 13.5. The first-order valence-electron chi connectivity index (χ1n) is 15.5. The highest BCUT2D eigenvalue weighted by Crippen LogP contribution is 2.28. The Labute approximate surface area is 258 Å². The number of rotatable bonds is 12. The first-order valence-corrected chi connectivity index (χ1v) is 16.4. The Bertz CT molecular complexity index is 1490. The predicted molar refractivity (Wildman–Crippen MR) is 173 cm³/mol. The van der Waals surface area contributed by atoms with Crippen molar-refractivity contribution in [2.75, 3.05) is 18.0 Å². The van der Waals surface area contributed by atoms with Gasteiger partial charge in [0, 0.05) is 54.4 Å². The van der Waals surface area contributed by atoms with Crippen LogP contribution in [0.2, 0.25) is 0 Å². The number of aromatic nitrogens is 4. The molecule has 4 aromatic rings. The summed E-state index contributed by atoms with van der Waals surface area (Å²) < 4.78 is 2.35. The van der Waals surface area contributed by atoms with Gasteiger partial charge in [-0.15, -0.1) is 11.3 Å². The molecule has 2 amide bonds. The molecule has 4 heterocycles. The van der Waals surface area contributed by atoms with Gasteiger partial charge in [0.2, 0.25) is 11.9 Å². The quantitative estimate of drug-likeness (QED) is 0.214. The lowest BCUT2D eigenvalue weighted by atomic mass is 10.0. The molecule has 228 valence electrons. The number of carbonyl (C=O) groups excluding carboxylic acids is 2. The molecule has 1 aliphatic heterocycles. The highest BCUT2D eigenvalue weighted by Gasteiger charge is 2.28. The zero-order valence-corrected chi connectivity index (χ0v) is 26.4. The number of benzene rings is 1. The van der Waals surface area contributed by atoms with E-state index >= 15 is 0 Å². The van der Waals surface area contributed by atoms with E-state index < -0.39 is 6.04 Å². The molecule has 43 heavy (non-hydrogen) atoms. The number of carbonyl (C=O) groups is 2. The second kappa shape index (κ2) is 14.1. The molecule has 0 bridgehead atoms. The van der Waals surface area contributed by atoms with Crippen molar-refractivity contribution in [3.05, 3.63) is 70.4 Å². The molecule has 1 fully saturated rings. The highest BCUT2D eigenvalue weighted by molar-refractivity contribution is 7.09. The number of imidazole rings is 1. The van der Waals surface area contributed by atoms with Gasteiger partial charge < -0.3 is 20.1 Å². The molecule has 3 aromatic heterocycles. The molecule has 1 aromatic carbocycles. The number of hydrogen-bond donors (Lipinski definition) is 2. The van der Waals surface area contributed by atoms with Crippen LogP contribution >= 0.6 is 11.3 Å². The van der Waals surface area contributed by atoms with Gasteiger partial charge in [-0.05, 0) is 73.7 Å². The summed E-state index contributed by atoms with van der Waals surface area (Å²) in [6.07, 6.45) is 8.43. The molecule has 5 rings (SSSR count). The molecule has 10 heteroatoms. The van der Waals surface area contributed by atoms with E-state index in [1.54, 1.807) is 23.7 Å². The predicted octanol–water partition coefficient (Wildman–Crippen LogP) is 5.77. The van der Waals surface area contributed by atoms with Gasteiger partial charge in [-0.2, -0.15) is 0 Å². The number of fused-ring (bicyclic) bond motifs is 1. The van der Waals surface area contributed by atoms with Crippen LogP contribution in [0.15, 0.2) is 54.2 Å². The number of thiophene rings is 1. The van der Waals surface area contributed by atoms with E-state index in [1.807, 2.05) is 24.3 Å². The van der Waals surface area contributed by atoms with Crippen LogP contribution in [0.25, 0.3) is 11.0 Å². The maximum Gasteiger partial charge on any atom is 0.252 e. The van der Waals surface area contributed by atoms with E-state index in [-0.39, 0.29) is 23.8 Å². The molecule has 0 radical (unpaired) electrons. The maximum atomic E-state index is 13.5. The van der Waals surface area contributed by atoms with Crippen molar-refractivity contribution < 1.29 is 9.59 Å². The first-order chi connectivity index (χ1) is 20.9. The first kappa shape index (κ1) is 30.7. The van der Waals surface area contributed by atoms with Gasteiger partial charge in [0.1, 0.15) is 11.9 Å². The van der Waals surface area contributed by atoms with Gasteiger partial charge in [-0.1, -0.05) is 33.8 Å². The van der Waals surface area contributed by atoms with Crippen molar-refractivity contribution in [2.45, 2.75) is 84.3 Å². The number of hydrogen-bond acceptors (Lipinski definition) is 7. The minimum Gasteiger partial charge on any atom is -0.351 e. The van der Waals surface area contributed by atoms with Crippen molar-refractivity contribution >= 4 is 40.1 Å². The average molecular weight is 602 g/mol. The van der Waals surface area contributed by atoms with E-state index in [0.717, 1.165) is 68.0 Å². The minimum atomic E-state index is -0.616. The van der Waals surface area contributed by atoms with E-state index in [1.165, 1.54) is 4.88 Å². The summed E-state index contributed by atoms with van der Waals surface area (Å²) in [5, 5.41) is 8.34. The Kier molecular flexibility index (Phi) is 10.1. The lowest BCUT2D eigenvalue weighted by molar-refractivity contribution is -0.124. The van der Waals surface area contributed by atoms with E-state index in [9.17, 15) is 9.59 Å². The number of piperidine rings is 1.